The maximum Gasteiger partial charge on any atom is 0.416 e. The van der Waals surface area contributed by atoms with Gasteiger partial charge in [0.2, 0.25) is 11.9 Å². The first-order valence-corrected chi connectivity index (χ1v) is 15.6. The van der Waals surface area contributed by atoms with E-state index in [0.29, 0.717) is 66.1 Å². The number of carbonyl (C=O) groups is 2. The molecule has 1 saturated heterocycles. The number of benzene rings is 2. The molecule has 0 spiro atoms. The Bertz CT molecular complexity index is 1940. The molecule has 2 aliphatic heterocycles. The third-order valence-corrected chi connectivity index (χ3v) is 8.51. The van der Waals surface area contributed by atoms with Crippen LogP contribution in [-0.2, 0) is 37.4 Å². The molecule has 4 heterocycles. The summed E-state index contributed by atoms with van der Waals surface area (Å²) in [5.74, 6) is 5.59. The minimum absolute atomic E-state index is 0.0430. The van der Waals surface area contributed by atoms with Crippen molar-refractivity contribution in [1.82, 2.24) is 24.8 Å². The Hall–Kier alpha value is -5.19. The van der Waals surface area contributed by atoms with Crippen LogP contribution in [0.3, 0.4) is 0 Å². The first-order valence-electron chi connectivity index (χ1n) is 15.6. The number of amides is 2. The number of nitrogens with zero attached hydrogens (tertiary/aromatic N) is 4. The van der Waals surface area contributed by atoms with Crippen LogP contribution in [0.2, 0.25) is 0 Å². The summed E-state index contributed by atoms with van der Waals surface area (Å²) >= 11 is 0. The van der Waals surface area contributed by atoms with Crippen LogP contribution >= 0.6 is 0 Å². The van der Waals surface area contributed by atoms with Crippen molar-refractivity contribution in [3.8, 4) is 23.2 Å². The van der Waals surface area contributed by atoms with Crippen molar-refractivity contribution < 1.29 is 27.9 Å². The van der Waals surface area contributed by atoms with E-state index in [-0.39, 0.29) is 36.1 Å². The molecule has 4 aromatic rings. The fraction of sp³-hybridized carbons (Fsp3) is 0.314. The number of halogens is 3. The summed E-state index contributed by atoms with van der Waals surface area (Å²) in [6.45, 7) is 1.54. The largest absolute Gasteiger partial charge is 0.416 e. The number of aromatic nitrogens is 3. The molecule has 0 bridgehead atoms. The molecule has 2 aliphatic rings. The Morgan fingerprint density at radius 3 is 2.79 bits per heavy atom. The van der Waals surface area contributed by atoms with Crippen LogP contribution < -0.4 is 16.4 Å². The van der Waals surface area contributed by atoms with Crippen molar-refractivity contribution in [2.75, 3.05) is 30.7 Å². The van der Waals surface area contributed by atoms with Gasteiger partial charge in [-0.15, -0.1) is 0 Å². The van der Waals surface area contributed by atoms with E-state index < -0.39 is 23.8 Å². The van der Waals surface area contributed by atoms with Gasteiger partial charge in [-0.3, -0.25) is 14.5 Å². The highest BCUT2D eigenvalue weighted by Gasteiger charge is 2.34. The van der Waals surface area contributed by atoms with Crippen LogP contribution in [0.4, 0.5) is 24.8 Å². The molecule has 48 heavy (non-hydrogen) atoms. The van der Waals surface area contributed by atoms with Gasteiger partial charge >= 0.3 is 6.18 Å². The smallest absolute Gasteiger partial charge is 0.392 e. The fourth-order valence-corrected chi connectivity index (χ4v) is 6.20. The molecule has 2 amide bonds. The molecule has 2 aromatic heterocycles. The highest BCUT2D eigenvalue weighted by molar-refractivity contribution is 5.98. The van der Waals surface area contributed by atoms with Crippen LogP contribution in [0.25, 0.3) is 11.4 Å². The number of nitrogen functional groups attached to an aromatic ring is 1. The first-order chi connectivity index (χ1) is 22.9. The van der Waals surface area contributed by atoms with Gasteiger partial charge in [0.25, 0.3) is 5.91 Å². The Morgan fingerprint density at radius 1 is 1.19 bits per heavy atom. The number of aliphatic hydroxyl groups is 1. The van der Waals surface area contributed by atoms with Gasteiger partial charge in [0, 0.05) is 56.2 Å². The molecule has 13 heteroatoms. The second-order valence-corrected chi connectivity index (χ2v) is 12.0. The van der Waals surface area contributed by atoms with Gasteiger partial charge in [0.1, 0.15) is 5.69 Å². The highest BCUT2D eigenvalue weighted by Crippen LogP contribution is 2.35. The topological polar surface area (TPSA) is 138 Å². The van der Waals surface area contributed by atoms with E-state index in [1.807, 2.05) is 16.5 Å². The Morgan fingerprint density at radius 2 is 2.02 bits per heavy atom. The normalized spacial score (nSPS) is 16.4. The van der Waals surface area contributed by atoms with Crippen molar-refractivity contribution in [2.24, 2.45) is 7.05 Å². The zero-order chi connectivity index (χ0) is 34.0. The standard InChI is InChI=1S/C35H34F3N7O3/c1-44-29-11-12-40-33(48)27(29)17-30(44)32-23(18-41-34(39)43-32)8-7-21-4-2-5-22(14-21)15-31(47)42-25-10-9-24(28(16-25)35(36,37)38)19-45-13-3-6-26(46)20-45/h2,4-5,9-10,14,16-18,26,46H,3,6,11-13,15,19-20H2,1H3,(H,40,48)(H,42,47)(H2,39,41,43). The van der Waals surface area contributed by atoms with Crippen LogP contribution in [0, 0.1) is 11.8 Å². The van der Waals surface area contributed by atoms with E-state index in [0.717, 1.165) is 18.2 Å². The first kappa shape index (κ1) is 32.7. The van der Waals surface area contributed by atoms with Crippen molar-refractivity contribution in [3.63, 3.8) is 0 Å². The SMILES string of the molecule is Cn1c(-c2nc(N)ncc2C#Cc2cccc(CC(=O)Nc3ccc(CN4CCCC(O)C4)c(C(F)(F)F)c3)c2)cc2c1CCNC2=O. The van der Waals surface area contributed by atoms with E-state index in [1.54, 1.807) is 30.3 Å². The van der Waals surface area contributed by atoms with Crippen molar-refractivity contribution in [1.29, 1.82) is 0 Å². The minimum Gasteiger partial charge on any atom is -0.392 e. The third-order valence-electron chi connectivity index (χ3n) is 8.51. The molecule has 0 radical (unpaired) electrons. The number of hydrogen-bond donors (Lipinski definition) is 4. The number of aliphatic hydroxyl groups excluding tert-OH is 1. The summed E-state index contributed by atoms with van der Waals surface area (Å²) in [5.41, 5.74) is 9.55. The van der Waals surface area contributed by atoms with Gasteiger partial charge in [-0.05, 0) is 60.8 Å². The maximum absolute atomic E-state index is 14.0. The van der Waals surface area contributed by atoms with E-state index in [9.17, 15) is 27.9 Å². The summed E-state index contributed by atoms with van der Waals surface area (Å²) in [7, 11) is 1.86. The molecule has 5 N–H and O–H groups in total. The lowest BCUT2D eigenvalue weighted by Crippen LogP contribution is -2.38. The molecule has 1 unspecified atom stereocenters. The molecular formula is C35H34F3N7O3. The lowest BCUT2D eigenvalue weighted by atomic mass is 10.0. The monoisotopic (exact) mass is 657 g/mol. The average Bonchev–Trinajstić information content (AvgIpc) is 3.38. The second kappa shape index (κ2) is 13.5. The predicted molar refractivity (Wildman–Crippen MR) is 174 cm³/mol. The third kappa shape index (κ3) is 7.35. The highest BCUT2D eigenvalue weighted by atomic mass is 19.4. The van der Waals surface area contributed by atoms with Gasteiger partial charge in [0.15, 0.2) is 0 Å². The zero-order valence-electron chi connectivity index (χ0n) is 26.2. The number of nitrogens with two attached hydrogens (primary N) is 1. The number of fused-ring (bicyclic) bond motifs is 1. The lowest BCUT2D eigenvalue weighted by Gasteiger charge is -2.30. The molecule has 248 valence electrons. The van der Waals surface area contributed by atoms with Crippen molar-refractivity contribution >= 4 is 23.5 Å². The van der Waals surface area contributed by atoms with Gasteiger partial charge in [0.05, 0.1) is 34.9 Å². The molecule has 6 rings (SSSR count). The van der Waals surface area contributed by atoms with Crippen LogP contribution in [-0.4, -0.2) is 62.1 Å². The number of piperidine rings is 1. The number of β-amino-alcohol motifs (C(OH)–C–C–N with tert-alkyl or cyclic N) is 1. The quantitative estimate of drug-likeness (QED) is 0.231. The molecule has 10 nitrogen and oxygen atoms in total. The summed E-state index contributed by atoms with van der Waals surface area (Å²) in [6.07, 6.45) is -1.69. The molecule has 0 saturated carbocycles. The van der Waals surface area contributed by atoms with Gasteiger partial charge < -0.3 is 26.0 Å². The second-order valence-electron chi connectivity index (χ2n) is 12.0. The number of rotatable bonds is 6. The number of likely N-dealkylation sites (tertiary alicyclic amines) is 1. The lowest BCUT2D eigenvalue weighted by molar-refractivity contribution is -0.138. The molecular weight excluding hydrogens is 623 g/mol. The van der Waals surface area contributed by atoms with Gasteiger partial charge in [-0.2, -0.15) is 13.2 Å². The number of anilines is 2. The van der Waals surface area contributed by atoms with Crippen molar-refractivity contribution in [3.05, 3.63) is 93.8 Å². The van der Waals surface area contributed by atoms with E-state index in [2.05, 4.69) is 32.4 Å². The Balaban J connectivity index is 1.17. The molecule has 0 aliphatic carbocycles. The van der Waals surface area contributed by atoms with E-state index in [4.69, 9.17) is 5.73 Å². The number of nitrogens with one attached hydrogen (secondary N) is 2. The molecule has 2 aromatic carbocycles. The van der Waals surface area contributed by atoms with E-state index >= 15 is 0 Å². The summed E-state index contributed by atoms with van der Waals surface area (Å²) in [4.78, 5) is 35.7. The van der Waals surface area contributed by atoms with Gasteiger partial charge in [-0.1, -0.05) is 30.0 Å². The van der Waals surface area contributed by atoms with Crippen LogP contribution in [0.5, 0.6) is 0 Å². The number of hydrogen-bond acceptors (Lipinski definition) is 7. The summed E-state index contributed by atoms with van der Waals surface area (Å²) < 4.78 is 43.9. The van der Waals surface area contributed by atoms with Crippen LogP contribution in [0.1, 0.15) is 56.7 Å². The average molecular weight is 658 g/mol. The summed E-state index contributed by atoms with van der Waals surface area (Å²) in [6, 6.07) is 12.5. The number of alkyl halides is 3. The fourth-order valence-electron chi connectivity index (χ4n) is 6.20. The minimum atomic E-state index is -4.61. The van der Waals surface area contributed by atoms with Crippen molar-refractivity contribution in [2.45, 2.75) is 44.5 Å². The summed E-state index contributed by atoms with van der Waals surface area (Å²) in [5, 5.41) is 15.3. The molecule has 1 atom stereocenters. The Kier molecular flexibility index (Phi) is 9.21. The van der Waals surface area contributed by atoms with Crippen LogP contribution in [0.15, 0.2) is 54.7 Å². The number of carbonyl (C=O) groups excluding carboxylic acids is 2. The maximum atomic E-state index is 14.0. The predicted octanol–water partition coefficient (Wildman–Crippen LogP) is 3.91. The van der Waals surface area contributed by atoms with E-state index in [1.165, 1.54) is 18.3 Å². The zero-order valence-corrected chi connectivity index (χ0v) is 26.2. The Labute approximate surface area is 275 Å². The molecule has 1 fully saturated rings. The van der Waals surface area contributed by atoms with Gasteiger partial charge in [-0.25, -0.2) is 9.97 Å².